The summed E-state index contributed by atoms with van der Waals surface area (Å²) < 4.78 is 12.3. The summed E-state index contributed by atoms with van der Waals surface area (Å²) in [6, 6.07) is 5.96. The number of hydrogen-bond acceptors (Lipinski definition) is 6. The number of hydrogen-bond donors (Lipinski definition) is 0. The third-order valence-corrected chi connectivity index (χ3v) is 6.04. The van der Waals surface area contributed by atoms with Crippen LogP contribution < -0.4 is 0 Å². The van der Waals surface area contributed by atoms with Crippen molar-refractivity contribution in [2.24, 2.45) is 5.41 Å². The highest BCUT2D eigenvalue weighted by Crippen LogP contribution is 2.41. The molecule has 0 N–H and O–H groups in total. The van der Waals surface area contributed by atoms with Gasteiger partial charge < -0.3 is 9.47 Å². The van der Waals surface area contributed by atoms with Gasteiger partial charge in [-0.1, -0.05) is 6.07 Å². The quantitative estimate of drug-likeness (QED) is 0.793. The first kappa shape index (κ1) is 17.1. The van der Waals surface area contributed by atoms with E-state index in [-0.39, 0.29) is 5.41 Å². The van der Waals surface area contributed by atoms with Crippen molar-refractivity contribution in [3.8, 4) is 0 Å². The van der Waals surface area contributed by atoms with Crippen LogP contribution in [-0.4, -0.2) is 47.3 Å². The highest BCUT2D eigenvalue weighted by atomic mass is 32.1. The van der Waals surface area contributed by atoms with Crippen LogP contribution in [0.2, 0.25) is 0 Å². The van der Waals surface area contributed by atoms with E-state index in [1.165, 1.54) is 11.4 Å². The molecule has 2 aromatic rings. The van der Waals surface area contributed by atoms with E-state index in [1.54, 1.807) is 11.3 Å². The van der Waals surface area contributed by atoms with Crippen LogP contribution >= 0.6 is 11.3 Å². The number of ether oxygens (including phenoxy) is 2. The molecular formula is C19H25N3O2S. The topological polar surface area (TPSA) is 47.5 Å². The number of rotatable bonds is 6. The summed E-state index contributed by atoms with van der Waals surface area (Å²) in [5.74, 6) is 0. The van der Waals surface area contributed by atoms with Crippen molar-refractivity contribution in [1.29, 1.82) is 0 Å². The molecule has 0 aliphatic carbocycles. The van der Waals surface area contributed by atoms with Gasteiger partial charge >= 0.3 is 0 Å². The molecule has 25 heavy (non-hydrogen) atoms. The van der Waals surface area contributed by atoms with E-state index in [1.807, 2.05) is 30.6 Å². The zero-order chi connectivity index (χ0) is 17.0. The molecule has 6 heteroatoms. The Kier molecular flexibility index (Phi) is 5.41. The molecule has 4 heterocycles. The zero-order valence-corrected chi connectivity index (χ0v) is 15.3. The van der Waals surface area contributed by atoms with Gasteiger partial charge in [0.05, 0.1) is 31.6 Å². The molecule has 0 saturated carbocycles. The SMILES string of the molecule is c1ccc(COC[C@@]23CCCO[C@@H]2CCN(Cc2nccs2)C3)nc1. The fraction of sp³-hybridized carbons (Fsp3) is 0.579. The lowest BCUT2D eigenvalue weighted by atomic mass is 9.73. The van der Waals surface area contributed by atoms with Crippen LogP contribution in [0.15, 0.2) is 36.0 Å². The predicted octanol–water partition coefficient (Wildman–Crippen LogP) is 3.13. The standard InChI is InChI=1S/C19H25N3O2S/c1-2-7-20-16(4-1)13-23-15-19-6-3-10-24-17(19)5-9-22(14-19)12-18-21-8-11-25-18/h1-2,4,7-8,11,17H,3,5-6,9-10,12-15H2/t17-,19+/m1/s1. The lowest BCUT2D eigenvalue weighted by molar-refractivity contribution is -0.156. The van der Waals surface area contributed by atoms with Crippen molar-refractivity contribution in [3.05, 3.63) is 46.7 Å². The molecule has 2 saturated heterocycles. The summed E-state index contributed by atoms with van der Waals surface area (Å²) in [4.78, 5) is 11.3. The van der Waals surface area contributed by atoms with Crippen molar-refractivity contribution in [1.82, 2.24) is 14.9 Å². The Hall–Kier alpha value is -1.34. The fourth-order valence-electron chi connectivity index (χ4n) is 4.09. The molecule has 0 aromatic carbocycles. The Morgan fingerprint density at radius 2 is 2.32 bits per heavy atom. The lowest BCUT2D eigenvalue weighted by Crippen LogP contribution is -2.56. The van der Waals surface area contributed by atoms with E-state index in [0.29, 0.717) is 12.7 Å². The van der Waals surface area contributed by atoms with E-state index < -0.39 is 0 Å². The Morgan fingerprint density at radius 3 is 3.16 bits per heavy atom. The molecule has 0 radical (unpaired) electrons. The van der Waals surface area contributed by atoms with Gasteiger partial charge in [0.2, 0.25) is 0 Å². The first-order chi connectivity index (χ1) is 12.3. The van der Waals surface area contributed by atoms with Gasteiger partial charge in [-0.25, -0.2) is 4.98 Å². The Balaban J connectivity index is 1.40. The summed E-state index contributed by atoms with van der Waals surface area (Å²) >= 11 is 1.74. The van der Waals surface area contributed by atoms with Gasteiger partial charge in [0.1, 0.15) is 5.01 Å². The molecule has 0 spiro atoms. The summed E-state index contributed by atoms with van der Waals surface area (Å²) in [5, 5.41) is 3.25. The average Bonchev–Trinajstić information content (AvgIpc) is 3.15. The largest absolute Gasteiger partial charge is 0.377 e. The minimum atomic E-state index is 0.0997. The Labute approximate surface area is 153 Å². The Bertz CT molecular complexity index is 652. The van der Waals surface area contributed by atoms with Gasteiger partial charge in [0.25, 0.3) is 0 Å². The molecule has 0 amide bonds. The summed E-state index contributed by atoms with van der Waals surface area (Å²) in [5.41, 5.74) is 1.09. The molecule has 0 unspecified atom stereocenters. The van der Waals surface area contributed by atoms with Gasteiger partial charge in [-0.05, 0) is 31.4 Å². The smallest absolute Gasteiger partial charge is 0.107 e. The minimum Gasteiger partial charge on any atom is -0.377 e. The predicted molar refractivity (Wildman–Crippen MR) is 97.3 cm³/mol. The second-order valence-electron chi connectivity index (χ2n) is 7.06. The highest BCUT2D eigenvalue weighted by Gasteiger charge is 2.46. The summed E-state index contributed by atoms with van der Waals surface area (Å²) in [6.07, 6.45) is 7.40. The molecule has 2 atom stereocenters. The summed E-state index contributed by atoms with van der Waals surface area (Å²) in [7, 11) is 0. The second-order valence-corrected chi connectivity index (χ2v) is 8.04. The van der Waals surface area contributed by atoms with E-state index in [0.717, 1.165) is 51.4 Å². The molecule has 2 aromatic heterocycles. The van der Waals surface area contributed by atoms with Crippen LogP contribution in [0.4, 0.5) is 0 Å². The van der Waals surface area contributed by atoms with E-state index in [2.05, 4.69) is 20.2 Å². The van der Waals surface area contributed by atoms with Gasteiger partial charge in [-0.3, -0.25) is 9.88 Å². The molecule has 5 nitrogen and oxygen atoms in total. The van der Waals surface area contributed by atoms with Crippen LogP contribution in [0, 0.1) is 5.41 Å². The van der Waals surface area contributed by atoms with Gasteiger partial charge in [0, 0.05) is 42.9 Å². The third kappa shape index (κ3) is 4.08. The van der Waals surface area contributed by atoms with Crippen LogP contribution in [0.1, 0.15) is 30.0 Å². The van der Waals surface area contributed by atoms with Crippen LogP contribution in [-0.2, 0) is 22.6 Å². The van der Waals surface area contributed by atoms with Crippen molar-refractivity contribution in [2.45, 2.75) is 38.5 Å². The molecule has 2 fully saturated rings. The highest BCUT2D eigenvalue weighted by molar-refractivity contribution is 7.09. The molecule has 134 valence electrons. The maximum atomic E-state index is 6.14. The Morgan fingerprint density at radius 1 is 1.32 bits per heavy atom. The van der Waals surface area contributed by atoms with Crippen molar-refractivity contribution >= 4 is 11.3 Å². The fourth-order valence-corrected chi connectivity index (χ4v) is 4.75. The first-order valence-corrected chi connectivity index (χ1v) is 9.92. The van der Waals surface area contributed by atoms with Crippen LogP contribution in [0.25, 0.3) is 0 Å². The van der Waals surface area contributed by atoms with Crippen LogP contribution in [0.3, 0.4) is 0 Å². The molecule has 2 aliphatic heterocycles. The molecule has 4 rings (SSSR count). The number of fused-ring (bicyclic) bond motifs is 1. The monoisotopic (exact) mass is 359 g/mol. The number of likely N-dealkylation sites (tertiary alicyclic amines) is 1. The van der Waals surface area contributed by atoms with Gasteiger partial charge in [0.15, 0.2) is 0 Å². The van der Waals surface area contributed by atoms with Crippen molar-refractivity contribution < 1.29 is 9.47 Å². The van der Waals surface area contributed by atoms with Gasteiger partial charge in [-0.2, -0.15) is 0 Å². The van der Waals surface area contributed by atoms with Crippen LogP contribution in [0.5, 0.6) is 0 Å². The number of piperidine rings is 1. The average molecular weight is 359 g/mol. The lowest BCUT2D eigenvalue weighted by Gasteiger charge is -2.50. The third-order valence-electron chi connectivity index (χ3n) is 5.28. The van der Waals surface area contributed by atoms with Gasteiger partial charge in [-0.15, -0.1) is 11.3 Å². The van der Waals surface area contributed by atoms with Crippen molar-refractivity contribution in [3.63, 3.8) is 0 Å². The van der Waals surface area contributed by atoms with Crippen molar-refractivity contribution in [2.75, 3.05) is 26.3 Å². The zero-order valence-electron chi connectivity index (χ0n) is 14.5. The number of aromatic nitrogens is 2. The molecule has 0 bridgehead atoms. The van der Waals surface area contributed by atoms with E-state index in [9.17, 15) is 0 Å². The normalized spacial score (nSPS) is 27.1. The van der Waals surface area contributed by atoms with E-state index in [4.69, 9.17) is 9.47 Å². The second kappa shape index (κ2) is 7.91. The first-order valence-electron chi connectivity index (χ1n) is 9.04. The maximum absolute atomic E-state index is 6.14. The number of pyridine rings is 1. The maximum Gasteiger partial charge on any atom is 0.107 e. The number of nitrogens with zero attached hydrogens (tertiary/aromatic N) is 3. The molecular weight excluding hydrogens is 334 g/mol. The molecule has 2 aliphatic rings. The van der Waals surface area contributed by atoms with E-state index >= 15 is 0 Å². The number of thiazole rings is 1. The minimum absolute atomic E-state index is 0.0997. The summed E-state index contributed by atoms with van der Waals surface area (Å²) in [6.45, 7) is 5.24.